The Morgan fingerprint density at radius 1 is 1.10 bits per heavy atom. The van der Waals surface area contributed by atoms with Gasteiger partial charge >= 0.3 is 0 Å². The molecule has 20 heavy (non-hydrogen) atoms. The fourth-order valence-corrected chi connectivity index (χ4v) is 4.30. The number of carbonyl (C=O) groups excluding carboxylic acids is 1. The van der Waals surface area contributed by atoms with Crippen LogP contribution in [-0.2, 0) is 4.79 Å². The zero-order valence-corrected chi connectivity index (χ0v) is 12.7. The molecule has 3 aliphatic rings. The van der Waals surface area contributed by atoms with Crippen molar-refractivity contribution in [1.29, 1.82) is 0 Å². The van der Waals surface area contributed by atoms with Gasteiger partial charge in [0.05, 0.1) is 0 Å². The van der Waals surface area contributed by atoms with E-state index in [-0.39, 0.29) is 0 Å². The van der Waals surface area contributed by atoms with E-state index in [0.29, 0.717) is 11.8 Å². The maximum Gasteiger partial charge on any atom is 0.223 e. The predicted molar refractivity (Wildman–Crippen MR) is 81.4 cm³/mol. The number of nitrogens with one attached hydrogen (secondary N) is 2. The first-order valence-electron chi connectivity index (χ1n) is 8.83. The summed E-state index contributed by atoms with van der Waals surface area (Å²) in [5.41, 5.74) is 0. The molecule has 3 fully saturated rings. The minimum absolute atomic E-state index is 0.351. The zero-order chi connectivity index (χ0) is 13.8. The van der Waals surface area contributed by atoms with E-state index in [9.17, 15) is 4.79 Å². The van der Waals surface area contributed by atoms with Crippen molar-refractivity contribution in [2.24, 2.45) is 23.7 Å². The molecule has 3 rings (SSSR count). The lowest BCUT2D eigenvalue weighted by atomic mass is 9.85. The van der Waals surface area contributed by atoms with Crippen LogP contribution in [0.1, 0.15) is 57.8 Å². The van der Waals surface area contributed by atoms with Crippen LogP contribution >= 0.6 is 0 Å². The predicted octanol–water partition coefficient (Wildman–Crippen LogP) is 2.71. The molecule has 0 aromatic heterocycles. The molecule has 1 saturated heterocycles. The highest BCUT2D eigenvalue weighted by atomic mass is 16.2. The Labute approximate surface area is 123 Å². The Morgan fingerprint density at radius 2 is 1.95 bits per heavy atom. The van der Waals surface area contributed by atoms with E-state index in [0.717, 1.165) is 37.3 Å². The second kappa shape index (κ2) is 6.93. The summed E-state index contributed by atoms with van der Waals surface area (Å²) < 4.78 is 0. The van der Waals surface area contributed by atoms with Crippen LogP contribution in [0.3, 0.4) is 0 Å². The van der Waals surface area contributed by atoms with Crippen LogP contribution in [0.4, 0.5) is 0 Å². The molecule has 114 valence electrons. The van der Waals surface area contributed by atoms with Crippen molar-refractivity contribution in [2.45, 2.75) is 57.8 Å². The van der Waals surface area contributed by atoms with Gasteiger partial charge in [-0.05, 0) is 56.5 Å². The van der Waals surface area contributed by atoms with Crippen LogP contribution in [-0.4, -0.2) is 25.5 Å². The first-order chi connectivity index (χ1) is 9.84. The highest BCUT2D eigenvalue weighted by molar-refractivity contribution is 5.81. The Bertz CT molecular complexity index is 319. The van der Waals surface area contributed by atoms with E-state index in [2.05, 4.69) is 10.6 Å². The summed E-state index contributed by atoms with van der Waals surface area (Å²) in [7, 11) is 0. The summed E-state index contributed by atoms with van der Waals surface area (Å²) in [6.07, 6.45) is 11.9. The van der Waals surface area contributed by atoms with Crippen LogP contribution in [0.2, 0.25) is 0 Å². The highest BCUT2D eigenvalue weighted by Crippen LogP contribution is 2.49. The van der Waals surface area contributed by atoms with Gasteiger partial charge in [0.15, 0.2) is 0 Å². The van der Waals surface area contributed by atoms with Crippen molar-refractivity contribution in [3.8, 4) is 0 Å². The molecule has 2 N–H and O–H groups in total. The van der Waals surface area contributed by atoms with Gasteiger partial charge < -0.3 is 10.6 Å². The normalized spacial score (nSPS) is 34.7. The molecular formula is C17H30N2O. The van der Waals surface area contributed by atoms with E-state index >= 15 is 0 Å². The largest absolute Gasteiger partial charge is 0.356 e. The van der Waals surface area contributed by atoms with Crippen LogP contribution in [0.5, 0.6) is 0 Å². The topological polar surface area (TPSA) is 41.1 Å². The van der Waals surface area contributed by atoms with Crippen LogP contribution in [0.25, 0.3) is 0 Å². The molecule has 1 aliphatic heterocycles. The minimum Gasteiger partial charge on any atom is -0.356 e. The molecule has 2 saturated carbocycles. The molecule has 1 amide bonds. The van der Waals surface area contributed by atoms with Gasteiger partial charge in [0, 0.05) is 12.5 Å². The van der Waals surface area contributed by atoms with Gasteiger partial charge in [0.2, 0.25) is 5.91 Å². The number of hydrogen-bond donors (Lipinski definition) is 2. The van der Waals surface area contributed by atoms with Gasteiger partial charge in [-0.2, -0.15) is 0 Å². The van der Waals surface area contributed by atoms with Crippen molar-refractivity contribution >= 4 is 5.91 Å². The summed E-state index contributed by atoms with van der Waals surface area (Å²) >= 11 is 0. The van der Waals surface area contributed by atoms with E-state index < -0.39 is 0 Å². The summed E-state index contributed by atoms with van der Waals surface area (Å²) in [6.45, 7) is 3.21. The van der Waals surface area contributed by atoms with Crippen LogP contribution in [0.15, 0.2) is 0 Å². The number of rotatable bonds is 5. The fourth-order valence-electron chi connectivity index (χ4n) is 4.30. The summed E-state index contributed by atoms with van der Waals surface area (Å²) in [6, 6.07) is 0. The maximum absolute atomic E-state index is 12.2. The molecular weight excluding hydrogens is 248 g/mol. The Balaban J connectivity index is 1.31. The average molecular weight is 278 g/mol. The van der Waals surface area contributed by atoms with Crippen LogP contribution < -0.4 is 10.6 Å². The second-order valence-corrected chi connectivity index (χ2v) is 7.20. The van der Waals surface area contributed by atoms with Gasteiger partial charge in [-0.25, -0.2) is 0 Å². The van der Waals surface area contributed by atoms with Gasteiger partial charge in [-0.1, -0.05) is 32.1 Å². The highest BCUT2D eigenvalue weighted by Gasteiger charge is 2.47. The summed E-state index contributed by atoms with van der Waals surface area (Å²) in [5, 5.41) is 6.64. The van der Waals surface area contributed by atoms with E-state index in [1.165, 1.54) is 57.9 Å². The molecule has 0 aromatic rings. The molecule has 0 radical (unpaired) electrons. The molecule has 3 heteroatoms. The van der Waals surface area contributed by atoms with Crippen molar-refractivity contribution < 1.29 is 4.79 Å². The van der Waals surface area contributed by atoms with Crippen LogP contribution in [0, 0.1) is 23.7 Å². The number of hydrogen-bond acceptors (Lipinski definition) is 2. The Morgan fingerprint density at radius 3 is 2.70 bits per heavy atom. The molecule has 0 bridgehead atoms. The van der Waals surface area contributed by atoms with Crippen molar-refractivity contribution in [2.75, 3.05) is 19.6 Å². The van der Waals surface area contributed by atoms with Crippen molar-refractivity contribution in [1.82, 2.24) is 10.6 Å². The quantitative estimate of drug-likeness (QED) is 0.812. The molecule has 1 heterocycles. The number of amides is 1. The Hall–Kier alpha value is -0.570. The maximum atomic E-state index is 12.2. The third-order valence-corrected chi connectivity index (χ3v) is 5.68. The standard InChI is InChI=1S/C17H30N2O/c20-17(19-10-8-13-5-4-9-18-12-13)16-11-15(16)14-6-2-1-3-7-14/h13-16,18H,1-12H2,(H,19,20). The SMILES string of the molecule is O=C(NCCC1CCCNC1)C1CC1C1CCCCC1. The lowest BCUT2D eigenvalue weighted by Crippen LogP contribution is -2.34. The lowest BCUT2D eigenvalue weighted by molar-refractivity contribution is -0.122. The summed E-state index contributed by atoms with van der Waals surface area (Å²) in [4.78, 5) is 12.2. The monoisotopic (exact) mass is 278 g/mol. The van der Waals surface area contributed by atoms with Crippen molar-refractivity contribution in [3.63, 3.8) is 0 Å². The molecule has 3 nitrogen and oxygen atoms in total. The van der Waals surface area contributed by atoms with Gasteiger partial charge in [-0.3, -0.25) is 4.79 Å². The molecule has 3 unspecified atom stereocenters. The average Bonchev–Trinajstić information content (AvgIpc) is 3.30. The smallest absolute Gasteiger partial charge is 0.223 e. The molecule has 0 spiro atoms. The second-order valence-electron chi connectivity index (χ2n) is 7.20. The Kier molecular flexibility index (Phi) is 4.98. The minimum atomic E-state index is 0.351. The first-order valence-corrected chi connectivity index (χ1v) is 8.83. The fraction of sp³-hybridized carbons (Fsp3) is 0.941. The third kappa shape index (κ3) is 3.75. The van der Waals surface area contributed by atoms with E-state index in [1.807, 2.05) is 0 Å². The van der Waals surface area contributed by atoms with E-state index in [1.54, 1.807) is 0 Å². The van der Waals surface area contributed by atoms with Gasteiger partial charge in [0.1, 0.15) is 0 Å². The van der Waals surface area contributed by atoms with E-state index in [4.69, 9.17) is 0 Å². The van der Waals surface area contributed by atoms with Gasteiger partial charge in [0.25, 0.3) is 0 Å². The third-order valence-electron chi connectivity index (χ3n) is 5.68. The lowest BCUT2D eigenvalue weighted by Gasteiger charge is -2.23. The summed E-state index contributed by atoms with van der Waals surface area (Å²) in [5.74, 6) is 3.08. The first kappa shape index (κ1) is 14.4. The van der Waals surface area contributed by atoms with Gasteiger partial charge in [-0.15, -0.1) is 0 Å². The zero-order valence-electron chi connectivity index (χ0n) is 12.7. The van der Waals surface area contributed by atoms with Crippen molar-refractivity contribution in [3.05, 3.63) is 0 Å². The molecule has 2 aliphatic carbocycles. The molecule has 0 aromatic carbocycles. The number of carbonyl (C=O) groups is 1. The number of piperidine rings is 1. The molecule has 3 atom stereocenters.